The first kappa shape index (κ1) is 12.5. The highest BCUT2D eigenvalue weighted by atomic mass is 19.4. The number of hydrogen-bond donors (Lipinski definition) is 2. The van der Waals surface area contributed by atoms with E-state index in [-0.39, 0.29) is 0 Å². The van der Waals surface area contributed by atoms with Gasteiger partial charge < -0.3 is 14.8 Å². The molecule has 0 aromatic carbocycles. The van der Waals surface area contributed by atoms with Gasteiger partial charge in [0, 0.05) is 11.8 Å². The third-order valence-corrected chi connectivity index (χ3v) is 1.74. The van der Waals surface area contributed by atoms with Crippen molar-refractivity contribution in [1.29, 1.82) is 0 Å². The highest BCUT2D eigenvalue weighted by Crippen LogP contribution is 2.28. The van der Waals surface area contributed by atoms with Gasteiger partial charge in [0.1, 0.15) is 12.4 Å². The average molecular weight is 241 g/mol. The van der Waals surface area contributed by atoms with Crippen molar-refractivity contribution in [1.82, 2.24) is 4.98 Å². The molecule has 16 heavy (non-hydrogen) atoms. The van der Waals surface area contributed by atoms with Crippen LogP contribution in [0.3, 0.4) is 0 Å². The van der Waals surface area contributed by atoms with Crippen molar-refractivity contribution in [3.8, 4) is 5.75 Å². The number of aliphatic hydroxyl groups is 1. The lowest BCUT2D eigenvalue weighted by Crippen LogP contribution is -2.23. The number of halogens is 4. The van der Waals surface area contributed by atoms with E-state index in [1.54, 1.807) is 0 Å². The summed E-state index contributed by atoms with van der Waals surface area (Å²) >= 11 is 0. The Kier molecular flexibility index (Phi) is 3.53. The van der Waals surface area contributed by atoms with Crippen LogP contribution in [0.4, 0.5) is 17.6 Å². The number of rotatable bonds is 3. The van der Waals surface area contributed by atoms with Crippen LogP contribution in [0.15, 0.2) is 11.0 Å². The molecule has 0 aliphatic carbocycles. The monoisotopic (exact) mass is 241 g/mol. The lowest BCUT2D eigenvalue weighted by Gasteiger charge is -2.13. The summed E-state index contributed by atoms with van der Waals surface area (Å²) < 4.78 is 51.8. The maximum absolute atomic E-state index is 12.4. The molecule has 1 aromatic heterocycles. The first-order chi connectivity index (χ1) is 7.39. The summed E-state index contributed by atoms with van der Waals surface area (Å²) in [6.07, 6.45) is -4.29. The zero-order chi connectivity index (χ0) is 12.3. The van der Waals surface area contributed by atoms with Gasteiger partial charge in [-0.1, -0.05) is 0 Å². The number of ether oxygens (including phenoxy) is 1. The lowest BCUT2D eigenvalue weighted by atomic mass is 10.2. The largest absolute Gasteiger partial charge is 0.573 e. The summed E-state index contributed by atoms with van der Waals surface area (Å²) in [5, 5.41) is 8.73. The van der Waals surface area contributed by atoms with Gasteiger partial charge in [-0.25, -0.2) is 4.39 Å². The first-order valence-corrected chi connectivity index (χ1v) is 4.05. The molecule has 0 saturated heterocycles. The van der Waals surface area contributed by atoms with Crippen LogP contribution in [0.25, 0.3) is 0 Å². The fourth-order valence-corrected chi connectivity index (χ4v) is 1.09. The number of H-pyrrole nitrogens is 1. The van der Waals surface area contributed by atoms with E-state index in [2.05, 4.69) is 4.74 Å². The fourth-order valence-electron chi connectivity index (χ4n) is 1.09. The maximum Gasteiger partial charge on any atom is 0.573 e. The van der Waals surface area contributed by atoms with Crippen LogP contribution in [0, 0.1) is 0 Å². The van der Waals surface area contributed by atoms with Crippen LogP contribution in [0.5, 0.6) is 5.75 Å². The molecule has 2 N–H and O–H groups in total. The van der Waals surface area contributed by atoms with E-state index in [4.69, 9.17) is 5.11 Å². The van der Waals surface area contributed by atoms with Crippen molar-refractivity contribution in [2.45, 2.75) is 19.6 Å². The number of pyridine rings is 1. The molecule has 1 aromatic rings. The van der Waals surface area contributed by atoms with Gasteiger partial charge in [-0.3, -0.25) is 4.79 Å². The van der Waals surface area contributed by atoms with Gasteiger partial charge in [0.15, 0.2) is 0 Å². The Balaban J connectivity index is 3.31. The van der Waals surface area contributed by atoms with Gasteiger partial charge in [-0.2, -0.15) is 0 Å². The van der Waals surface area contributed by atoms with Crippen LogP contribution < -0.4 is 10.3 Å². The first-order valence-electron chi connectivity index (χ1n) is 4.05. The highest BCUT2D eigenvalue weighted by Gasteiger charge is 2.33. The predicted octanol–water partition coefficient (Wildman–Crippen LogP) is 1.24. The molecule has 1 rings (SSSR count). The molecular weight excluding hydrogens is 234 g/mol. The Labute approximate surface area is 86.5 Å². The molecule has 0 radical (unpaired) electrons. The van der Waals surface area contributed by atoms with Crippen LogP contribution in [-0.4, -0.2) is 16.5 Å². The fraction of sp³-hybridized carbons (Fsp3) is 0.375. The Morgan fingerprint density at radius 3 is 2.50 bits per heavy atom. The van der Waals surface area contributed by atoms with E-state index in [1.165, 1.54) is 0 Å². The molecule has 0 saturated carbocycles. The number of hydrogen-bond acceptors (Lipinski definition) is 3. The topological polar surface area (TPSA) is 62.3 Å². The molecule has 0 unspecified atom stereocenters. The second kappa shape index (κ2) is 4.52. The molecule has 0 atom stereocenters. The Morgan fingerprint density at radius 1 is 1.44 bits per heavy atom. The van der Waals surface area contributed by atoms with Crippen LogP contribution in [0.1, 0.15) is 11.1 Å². The molecule has 0 amide bonds. The molecule has 0 aliphatic heterocycles. The molecule has 0 aliphatic rings. The standard InChI is InChI=1S/C8H7F4NO3/c9-1-4-2-13-7(15)5(3-14)6(4)16-8(10,11)12/h2,14H,1,3H2,(H,13,15). The van der Waals surface area contributed by atoms with Crippen LogP contribution in [-0.2, 0) is 13.3 Å². The summed E-state index contributed by atoms with van der Waals surface area (Å²) in [7, 11) is 0. The Hall–Kier alpha value is -1.57. The number of aromatic nitrogens is 1. The summed E-state index contributed by atoms with van der Waals surface area (Å²) in [6.45, 7) is -2.23. The van der Waals surface area contributed by atoms with Crippen molar-refractivity contribution < 1.29 is 27.4 Å². The second-order valence-corrected chi connectivity index (χ2v) is 2.79. The SMILES string of the molecule is O=c1[nH]cc(CF)c(OC(F)(F)F)c1CO. The number of aliphatic hydroxyl groups excluding tert-OH is 1. The number of aromatic amines is 1. The minimum Gasteiger partial charge on any atom is -0.405 e. The minimum absolute atomic E-state index is 0.485. The molecule has 4 nitrogen and oxygen atoms in total. The smallest absolute Gasteiger partial charge is 0.405 e. The maximum atomic E-state index is 12.4. The van der Waals surface area contributed by atoms with Gasteiger partial charge >= 0.3 is 6.36 Å². The summed E-state index contributed by atoms with van der Waals surface area (Å²) in [5.41, 5.74) is -2.10. The van der Waals surface area contributed by atoms with E-state index < -0.39 is 42.1 Å². The molecule has 8 heteroatoms. The quantitative estimate of drug-likeness (QED) is 0.782. The zero-order valence-electron chi connectivity index (χ0n) is 7.77. The van der Waals surface area contributed by atoms with Crippen molar-refractivity contribution in [3.05, 3.63) is 27.7 Å². The third-order valence-electron chi connectivity index (χ3n) is 1.74. The Bertz CT molecular complexity index is 426. The van der Waals surface area contributed by atoms with E-state index >= 15 is 0 Å². The van der Waals surface area contributed by atoms with E-state index in [9.17, 15) is 22.4 Å². The van der Waals surface area contributed by atoms with Crippen molar-refractivity contribution in [2.75, 3.05) is 0 Å². The van der Waals surface area contributed by atoms with Crippen molar-refractivity contribution >= 4 is 0 Å². The molecule has 0 spiro atoms. The van der Waals surface area contributed by atoms with Crippen LogP contribution >= 0.6 is 0 Å². The summed E-state index contributed by atoms with van der Waals surface area (Å²) in [6, 6.07) is 0. The van der Waals surface area contributed by atoms with E-state index in [0.717, 1.165) is 6.20 Å². The molecule has 90 valence electrons. The van der Waals surface area contributed by atoms with E-state index in [1.807, 2.05) is 4.98 Å². The highest BCUT2D eigenvalue weighted by molar-refractivity contribution is 5.38. The Morgan fingerprint density at radius 2 is 2.06 bits per heavy atom. The third kappa shape index (κ3) is 2.72. The number of nitrogens with one attached hydrogen (secondary N) is 1. The number of alkyl halides is 4. The molecule has 0 bridgehead atoms. The molecular formula is C8H7F4NO3. The van der Waals surface area contributed by atoms with Gasteiger partial charge in [0.25, 0.3) is 5.56 Å². The lowest BCUT2D eigenvalue weighted by molar-refractivity contribution is -0.275. The van der Waals surface area contributed by atoms with E-state index in [0.29, 0.717) is 0 Å². The van der Waals surface area contributed by atoms with Gasteiger partial charge in [-0.15, -0.1) is 13.2 Å². The summed E-state index contributed by atoms with van der Waals surface area (Å²) in [5.74, 6) is -0.985. The van der Waals surface area contributed by atoms with Crippen LogP contribution in [0.2, 0.25) is 0 Å². The summed E-state index contributed by atoms with van der Waals surface area (Å²) in [4.78, 5) is 13.0. The normalized spacial score (nSPS) is 11.6. The van der Waals surface area contributed by atoms with Gasteiger partial charge in [0.05, 0.1) is 12.2 Å². The second-order valence-electron chi connectivity index (χ2n) is 2.79. The van der Waals surface area contributed by atoms with Crippen molar-refractivity contribution in [3.63, 3.8) is 0 Å². The molecule has 1 heterocycles. The molecule has 0 fully saturated rings. The minimum atomic E-state index is -5.05. The van der Waals surface area contributed by atoms with Gasteiger partial charge in [-0.05, 0) is 0 Å². The zero-order valence-corrected chi connectivity index (χ0v) is 7.77. The average Bonchev–Trinajstić information content (AvgIpc) is 2.16. The van der Waals surface area contributed by atoms with Crippen molar-refractivity contribution in [2.24, 2.45) is 0 Å². The predicted molar refractivity (Wildman–Crippen MR) is 44.5 cm³/mol. The van der Waals surface area contributed by atoms with Gasteiger partial charge in [0.2, 0.25) is 0 Å².